The molecule has 0 saturated heterocycles. The van der Waals surface area contributed by atoms with Crippen molar-refractivity contribution in [2.45, 2.75) is 31.7 Å². The van der Waals surface area contributed by atoms with Crippen LogP contribution in [0.5, 0.6) is 0 Å². The van der Waals surface area contributed by atoms with Crippen LogP contribution >= 0.6 is 0 Å². The Morgan fingerprint density at radius 3 is 3.05 bits per heavy atom. The molecule has 0 spiro atoms. The first-order valence-corrected chi connectivity index (χ1v) is 6.88. The summed E-state index contributed by atoms with van der Waals surface area (Å²) in [5.74, 6) is 1.39. The van der Waals surface area contributed by atoms with Gasteiger partial charge in [0.05, 0.1) is 11.6 Å². The van der Waals surface area contributed by atoms with Gasteiger partial charge in [0.1, 0.15) is 12.1 Å². The largest absolute Gasteiger partial charge is 0.369 e. The molecule has 2 heterocycles. The standard InChI is InChI=1S/C13H20N6/c1-19-13-10(7-18-19)12(16-8-17-13)15-6-9-4-2-3-5-11(9)14/h7-9,11H,2-6,14H2,1H3,(H,15,16,17). The fraction of sp³-hybridized carbons (Fsp3) is 0.615. The van der Waals surface area contributed by atoms with Crippen molar-refractivity contribution < 1.29 is 0 Å². The SMILES string of the molecule is Cn1ncc2c(NCC3CCCCC3N)ncnc21. The van der Waals surface area contributed by atoms with Crippen LogP contribution in [0.4, 0.5) is 5.82 Å². The molecular weight excluding hydrogens is 240 g/mol. The first-order chi connectivity index (χ1) is 9.25. The van der Waals surface area contributed by atoms with Gasteiger partial charge in [0.15, 0.2) is 5.65 Å². The molecule has 0 aliphatic heterocycles. The van der Waals surface area contributed by atoms with Gasteiger partial charge in [0.2, 0.25) is 0 Å². The number of hydrogen-bond donors (Lipinski definition) is 2. The minimum atomic E-state index is 0.312. The molecule has 3 N–H and O–H groups in total. The van der Waals surface area contributed by atoms with Crippen molar-refractivity contribution in [1.82, 2.24) is 19.7 Å². The van der Waals surface area contributed by atoms with Gasteiger partial charge in [0.25, 0.3) is 0 Å². The van der Waals surface area contributed by atoms with Crippen molar-refractivity contribution in [2.75, 3.05) is 11.9 Å². The van der Waals surface area contributed by atoms with Crippen LogP contribution in [0.3, 0.4) is 0 Å². The minimum absolute atomic E-state index is 0.312. The highest BCUT2D eigenvalue weighted by Gasteiger charge is 2.21. The predicted molar refractivity (Wildman–Crippen MR) is 74.7 cm³/mol. The van der Waals surface area contributed by atoms with Crippen molar-refractivity contribution in [2.24, 2.45) is 18.7 Å². The molecule has 0 radical (unpaired) electrons. The van der Waals surface area contributed by atoms with E-state index in [9.17, 15) is 0 Å². The number of aromatic nitrogens is 4. The van der Waals surface area contributed by atoms with Gasteiger partial charge in [-0.1, -0.05) is 12.8 Å². The molecule has 2 aromatic heterocycles. The number of nitrogens with zero attached hydrogens (tertiary/aromatic N) is 4. The smallest absolute Gasteiger partial charge is 0.163 e. The monoisotopic (exact) mass is 260 g/mol. The highest BCUT2D eigenvalue weighted by molar-refractivity contribution is 5.85. The average Bonchev–Trinajstić information content (AvgIpc) is 2.81. The van der Waals surface area contributed by atoms with Crippen molar-refractivity contribution in [3.05, 3.63) is 12.5 Å². The maximum absolute atomic E-state index is 6.17. The van der Waals surface area contributed by atoms with Gasteiger partial charge in [-0.25, -0.2) is 9.97 Å². The van der Waals surface area contributed by atoms with Crippen LogP contribution in [0, 0.1) is 5.92 Å². The predicted octanol–water partition coefficient (Wildman–Crippen LogP) is 1.29. The summed E-state index contributed by atoms with van der Waals surface area (Å²) < 4.78 is 1.76. The Labute approximate surface area is 112 Å². The Balaban J connectivity index is 1.74. The molecule has 0 amide bonds. The highest BCUT2D eigenvalue weighted by Crippen LogP contribution is 2.24. The van der Waals surface area contributed by atoms with Crippen molar-refractivity contribution in [3.63, 3.8) is 0 Å². The number of nitrogens with one attached hydrogen (secondary N) is 1. The summed E-state index contributed by atoms with van der Waals surface area (Å²) in [4.78, 5) is 8.55. The van der Waals surface area contributed by atoms with Crippen molar-refractivity contribution >= 4 is 16.9 Å². The number of hydrogen-bond acceptors (Lipinski definition) is 5. The van der Waals surface area contributed by atoms with Crippen molar-refractivity contribution in [1.29, 1.82) is 0 Å². The first-order valence-electron chi connectivity index (χ1n) is 6.88. The van der Waals surface area contributed by atoms with E-state index in [2.05, 4.69) is 20.4 Å². The first kappa shape index (κ1) is 12.3. The van der Waals surface area contributed by atoms with Crippen LogP contribution in [0.1, 0.15) is 25.7 Å². The van der Waals surface area contributed by atoms with Gasteiger partial charge in [-0.15, -0.1) is 0 Å². The number of nitrogens with two attached hydrogens (primary N) is 1. The molecule has 1 fully saturated rings. The van der Waals surface area contributed by atoms with E-state index in [1.807, 2.05) is 7.05 Å². The van der Waals surface area contributed by atoms with Crippen LogP contribution < -0.4 is 11.1 Å². The number of aryl methyl sites for hydroxylation is 1. The molecule has 2 aromatic rings. The summed E-state index contributed by atoms with van der Waals surface area (Å²) in [6.07, 6.45) is 8.27. The van der Waals surface area contributed by atoms with Gasteiger partial charge in [-0.05, 0) is 18.8 Å². The number of rotatable bonds is 3. The van der Waals surface area contributed by atoms with Gasteiger partial charge in [-0.2, -0.15) is 5.10 Å². The Morgan fingerprint density at radius 1 is 1.37 bits per heavy atom. The topological polar surface area (TPSA) is 81.7 Å². The second-order valence-corrected chi connectivity index (χ2v) is 5.32. The fourth-order valence-corrected chi connectivity index (χ4v) is 2.82. The Hall–Kier alpha value is -1.69. The molecule has 19 heavy (non-hydrogen) atoms. The summed E-state index contributed by atoms with van der Waals surface area (Å²) in [7, 11) is 1.89. The molecule has 1 saturated carbocycles. The molecule has 2 unspecified atom stereocenters. The maximum atomic E-state index is 6.17. The van der Waals surface area contributed by atoms with E-state index in [0.717, 1.165) is 29.8 Å². The Morgan fingerprint density at radius 2 is 2.21 bits per heavy atom. The lowest BCUT2D eigenvalue weighted by Gasteiger charge is -2.28. The average molecular weight is 260 g/mol. The van der Waals surface area contributed by atoms with E-state index in [0.29, 0.717) is 12.0 Å². The third kappa shape index (κ3) is 2.40. The van der Waals surface area contributed by atoms with Crippen LogP contribution in [-0.4, -0.2) is 32.3 Å². The zero-order valence-corrected chi connectivity index (χ0v) is 11.2. The molecular formula is C13H20N6. The Kier molecular flexibility index (Phi) is 3.33. The van der Waals surface area contributed by atoms with E-state index in [1.54, 1.807) is 17.2 Å². The van der Waals surface area contributed by atoms with Crippen LogP contribution in [0.25, 0.3) is 11.0 Å². The summed E-state index contributed by atoms with van der Waals surface area (Å²) in [6, 6.07) is 0.312. The summed E-state index contributed by atoms with van der Waals surface area (Å²) in [5, 5.41) is 8.60. The lowest BCUT2D eigenvalue weighted by molar-refractivity contribution is 0.321. The summed E-state index contributed by atoms with van der Waals surface area (Å²) in [5.41, 5.74) is 7.02. The highest BCUT2D eigenvalue weighted by atomic mass is 15.3. The molecule has 102 valence electrons. The quantitative estimate of drug-likeness (QED) is 0.869. The lowest BCUT2D eigenvalue weighted by Crippen LogP contribution is -2.37. The molecule has 2 atom stereocenters. The second-order valence-electron chi connectivity index (χ2n) is 5.32. The van der Waals surface area contributed by atoms with Crippen LogP contribution in [0.2, 0.25) is 0 Å². The third-order valence-corrected chi connectivity index (χ3v) is 4.03. The molecule has 1 aliphatic carbocycles. The molecule has 1 aliphatic rings. The van der Waals surface area contributed by atoms with Crippen LogP contribution in [-0.2, 0) is 7.05 Å². The summed E-state index contributed by atoms with van der Waals surface area (Å²) in [6.45, 7) is 0.877. The Bertz CT molecular complexity index is 563. The molecule has 3 rings (SSSR count). The van der Waals surface area contributed by atoms with E-state index in [1.165, 1.54) is 19.3 Å². The molecule has 0 bridgehead atoms. The number of fused-ring (bicyclic) bond motifs is 1. The molecule has 6 heteroatoms. The normalized spacial score (nSPS) is 23.7. The summed E-state index contributed by atoms with van der Waals surface area (Å²) >= 11 is 0. The van der Waals surface area contributed by atoms with Crippen molar-refractivity contribution in [3.8, 4) is 0 Å². The van der Waals surface area contributed by atoms with Gasteiger partial charge < -0.3 is 11.1 Å². The number of anilines is 1. The lowest BCUT2D eigenvalue weighted by atomic mass is 9.85. The minimum Gasteiger partial charge on any atom is -0.369 e. The fourth-order valence-electron chi connectivity index (χ4n) is 2.82. The molecule has 0 aromatic carbocycles. The second kappa shape index (κ2) is 5.13. The van der Waals surface area contributed by atoms with Gasteiger partial charge in [0, 0.05) is 19.6 Å². The van der Waals surface area contributed by atoms with Gasteiger partial charge in [-0.3, -0.25) is 4.68 Å². The van der Waals surface area contributed by atoms with Crippen LogP contribution in [0.15, 0.2) is 12.5 Å². The van der Waals surface area contributed by atoms with E-state index >= 15 is 0 Å². The van der Waals surface area contributed by atoms with E-state index in [4.69, 9.17) is 5.73 Å². The zero-order valence-electron chi connectivity index (χ0n) is 11.2. The van der Waals surface area contributed by atoms with E-state index in [-0.39, 0.29) is 0 Å². The van der Waals surface area contributed by atoms with Gasteiger partial charge >= 0.3 is 0 Å². The zero-order chi connectivity index (χ0) is 13.2. The molecule has 6 nitrogen and oxygen atoms in total. The van der Waals surface area contributed by atoms with E-state index < -0.39 is 0 Å². The third-order valence-electron chi connectivity index (χ3n) is 4.03. The maximum Gasteiger partial charge on any atom is 0.163 e.